The Morgan fingerprint density at radius 2 is 2.18 bits per heavy atom. The summed E-state index contributed by atoms with van der Waals surface area (Å²) in [4.78, 5) is 10.1. The van der Waals surface area contributed by atoms with E-state index in [1.165, 1.54) is 0 Å². The Balaban J connectivity index is 0. The van der Waals surface area contributed by atoms with Crippen LogP contribution in [0.3, 0.4) is 0 Å². The summed E-state index contributed by atoms with van der Waals surface area (Å²) >= 11 is 0. The van der Waals surface area contributed by atoms with Crippen molar-refractivity contribution in [2.24, 2.45) is 11.5 Å². The lowest BCUT2D eigenvalue weighted by atomic mass is 10.3. The minimum absolute atomic E-state index is 0. The highest BCUT2D eigenvalue weighted by Crippen LogP contribution is 1.80. The largest absolute Gasteiger partial charge is 0.480 e. The molecule has 0 spiro atoms. The maximum absolute atomic E-state index is 10.1. The van der Waals surface area contributed by atoms with Gasteiger partial charge in [0.05, 0.1) is 13.2 Å². The molecule has 0 aromatic carbocycles. The van der Waals surface area contributed by atoms with Gasteiger partial charge in [0.25, 0.3) is 0 Å². The maximum atomic E-state index is 10.1. The zero-order valence-corrected chi connectivity index (χ0v) is 6.84. The number of carboxylic acid groups (broad SMARTS) is 1. The standard InChI is InChI=1S/C5H12N2O3.ClH/c6-1-2-10-3-4(7)5(8)9;/h4H,1-3,6-7H2,(H,8,9);1H. The molecule has 0 heterocycles. The molecular weight excluding hydrogens is 172 g/mol. The van der Waals surface area contributed by atoms with Gasteiger partial charge in [-0.2, -0.15) is 0 Å². The third kappa shape index (κ3) is 7.54. The second-order valence-corrected chi connectivity index (χ2v) is 1.81. The topological polar surface area (TPSA) is 98.6 Å². The number of rotatable bonds is 5. The van der Waals surface area contributed by atoms with Crippen molar-refractivity contribution in [3.05, 3.63) is 0 Å². The third-order valence-corrected chi connectivity index (χ3v) is 0.877. The van der Waals surface area contributed by atoms with E-state index in [9.17, 15) is 4.79 Å². The molecule has 0 rings (SSSR count). The fourth-order valence-electron chi connectivity index (χ4n) is 0.365. The molecule has 0 saturated carbocycles. The van der Waals surface area contributed by atoms with E-state index in [-0.39, 0.29) is 19.0 Å². The molecule has 0 bridgehead atoms. The molecule has 11 heavy (non-hydrogen) atoms. The first-order chi connectivity index (χ1) is 4.68. The van der Waals surface area contributed by atoms with Gasteiger partial charge in [-0.1, -0.05) is 0 Å². The summed E-state index contributed by atoms with van der Waals surface area (Å²) in [5.41, 5.74) is 10.2. The SMILES string of the molecule is Cl.NCCOCC(N)C(=O)O. The fourth-order valence-corrected chi connectivity index (χ4v) is 0.365. The average molecular weight is 185 g/mol. The molecule has 0 fully saturated rings. The Morgan fingerprint density at radius 3 is 2.55 bits per heavy atom. The lowest BCUT2D eigenvalue weighted by molar-refractivity contribution is -0.139. The number of carboxylic acids is 1. The van der Waals surface area contributed by atoms with E-state index >= 15 is 0 Å². The predicted octanol–water partition coefficient (Wildman–Crippen LogP) is -1.20. The molecule has 0 aromatic heterocycles. The lowest BCUT2D eigenvalue weighted by Gasteiger charge is -2.05. The van der Waals surface area contributed by atoms with Crippen molar-refractivity contribution in [2.75, 3.05) is 19.8 Å². The van der Waals surface area contributed by atoms with Crippen LogP contribution in [0.1, 0.15) is 0 Å². The summed E-state index contributed by atoms with van der Waals surface area (Å²) in [6.07, 6.45) is 0. The number of hydrogen-bond acceptors (Lipinski definition) is 4. The quantitative estimate of drug-likeness (QED) is 0.466. The Bertz CT molecular complexity index is 112. The molecule has 0 radical (unpaired) electrons. The van der Waals surface area contributed by atoms with Gasteiger partial charge < -0.3 is 21.3 Å². The number of halogens is 1. The minimum atomic E-state index is -1.06. The molecule has 0 aromatic rings. The first-order valence-electron chi connectivity index (χ1n) is 2.94. The van der Waals surface area contributed by atoms with Crippen LogP contribution in [0.5, 0.6) is 0 Å². The van der Waals surface area contributed by atoms with Gasteiger partial charge in [-0.3, -0.25) is 4.79 Å². The van der Waals surface area contributed by atoms with Gasteiger partial charge in [0.2, 0.25) is 0 Å². The number of aliphatic carboxylic acids is 1. The van der Waals surface area contributed by atoms with Crippen LogP contribution < -0.4 is 11.5 Å². The van der Waals surface area contributed by atoms with Crippen molar-refractivity contribution in [3.63, 3.8) is 0 Å². The van der Waals surface area contributed by atoms with Crippen LogP contribution in [-0.4, -0.2) is 36.9 Å². The van der Waals surface area contributed by atoms with E-state index < -0.39 is 12.0 Å². The number of hydrogen-bond donors (Lipinski definition) is 3. The van der Waals surface area contributed by atoms with Crippen LogP contribution >= 0.6 is 12.4 Å². The maximum Gasteiger partial charge on any atom is 0.322 e. The molecule has 5 N–H and O–H groups in total. The van der Waals surface area contributed by atoms with Crippen molar-refractivity contribution >= 4 is 18.4 Å². The first kappa shape index (κ1) is 13.2. The van der Waals surface area contributed by atoms with E-state index in [0.717, 1.165) is 0 Å². The molecule has 68 valence electrons. The van der Waals surface area contributed by atoms with Crippen LogP contribution in [0.25, 0.3) is 0 Å². The van der Waals surface area contributed by atoms with E-state index in [1.807, 2.05) is 0 Å². The van der Waals surface area contributed by atoms with Gasteiger partial charge >= 0.3 is 5.97 Å². The zero-order chi connectivity index (χ0) is 7.98. The summed E-state index contributed by atoms with van der Waals surface area (Å²) < 4.78 is 4.78. The van der Waals surface area contributed by atoms with Crippen molar-refractivity contribution in [2.45, 2.75) is 6.04 Å². The third-order valence-electron chi connectivity index (χ3n) is 0.877. The molecule has 0 aliphatic heterocycles. The molecule has 0 amide bonds. The molecule has 0 aliphatic rings. The molecular formula is C5H13ClN2O3. The highest BCUT2D eigenvalue weighted by molar-refractivity contribution is 5.85. The molecule has 1 unspecified atom stereocenters. The summed E-state index contributed by atoms with van der Waals surface area (Å²) in [5, 5.41) is 8.25. The van der Waals surface area contributed by atoms with E-state index in [1.54, 1.807) is 0 Å². The van der Waals surface area contributed by atoms with Crippen molar-refractivity contribution < 1.29 is 14.6 Å². The van der Waals surface area contributed by atoms with Crippen LogP contribution in [0, 0.1) is 0 Å². The minimum Gasteiger partial charge on any atom is -0.480 e. The number of nitrogens with two attached hydrogens (primary N) is 2. The Hall–Kier alpha value is -0.360. The molecule has 1 atom stereocenters. The Labute approximate surface area is 71.1 Å². The molecule has 5 nitrogen and oxygen atoms in total. The Kier molecular flexibility index (Phi) is 9.32. The summed E-state index contributed by atoms with van der Waals surface area (Å²) in [6.45, 7) is 0.750. The zero-order valence-electron chi connectivity index (χ0n) is 6.03. The van der Waals surface area contributed by atoms with E-state index in [2.05, 4.69) is 0 Å². The summed E-state index contributed by atoms with van der Waals surface area (Å²) in [7, 11) is 0. The van der Waals surface area contributed by atoms with Crippen LogP contribution in [0.2, 0.25) is 0 Å². The van der Waals surface area contributed by atoms with Gasteiger partial charge in [-0.05, 0) is 0 Å². The fraction of sp³-hybridized carbons (Fsp3) is 0.800. The van der Waals surface area contributed by atoms with Crippen molar-refractivity contribution in [1.82, 2.24) is 0 Å². The van der Waals surface area contributed by atoms with Gasteiger partial charge in [0.1, 0.15) is 6.04 Å². The summed E-state index contributed by atoms with van der Waals surface area (Å²) in [5.74, 6) is -1.06. The van der Waals surface area contributed by atoms with Gasteiger partial charge in [-0.25, -0.2) is 0 Å². The average Bonchev–Trinajstić information content (AvgIpc) is 1.88. The van der Waals surface area contributed by atoms with Gasteiger partial charge in [0.15, 0.2) is 0 Å². The monoisotopic (exact) mass is 184 g/mol. The van der Waals surface area contributed by atoms with Crippen LogP contribution in [0.4, 0.5) is 0 Å². The number of carbonyl (C=O) groups is 1. The first-order valence-corrected chi connectivity index (χ1v) is 2.94. The van der Waals surface area contributed by atoms with Crippen LogP contribution in [0.15, 0.2) is 0 Å². The van der Waals surface area contributed by atoms with E-state index in [0.29, 0.717) is 13.2 Å². The second kappa shape index (κ2) is 7.74. The van der Waals surface area contributed by atoms with Crippen molar-refractivity contribution in [3.8, 4) is 0 Å². The molecule has 0 saturated heterocycles. The predicted molar refractivity (Wildman–Crippen MR) is 42.7 cm³/mol. The molecule has 6 heteroatoms. The van der Waals surface area contributed by atoms with Crippen molar-refractivity contribution in [1.29, 1.82) is 0 Å². The van der Waals surface area contributed by atoms with Crippen LogP contribution in [-0.2, 0) is 9.53 Å². The normalized spacial score (nSPS) is 11.8. The highest BCUT2D eigenvalue weighted by Gasteiger charge is 2.09. The summed E-state index contributed by atoms with van der Waals surface area (Å²) in [6, 6.07) is -0.938. The smallest absolute Gasteiger partial charge is 0.322 e. The Morgan fingerprint density at radius 1 is 1.64 bits per heavy atom. The van der Waals surface area contributed by atoms with Gasteiger partial charge in [0, 0.05) is 6.54 Å². The van der Waals surface area contributed by atoms with Gasteiger partial charge in [-0.15, -0.1) is 12.4 Å². The number of ether oxygens (including phenoxy) is 1. The van der Waals surface area contributed by atoms with E-state index in [4.69, 9.17) is 21.3 Å². The lowest BCUT2D eigenvalue weighted by Crippen LogP contribution is -2.35. The molecule has 0 aliphatic carbocycles. The second-order valence-electron chi connectivity index (χ2n) is 1.81. The highest BCUT2D eigenvalue weighted by atomic mass is 35.5.